The maximum Gasteiger partial charge on any atom is 0.211 e. The van der Waals surface area contributed by atoms with Crippen molar-refractivity contribution in [1.29, 1.82) is 0 Å². The Kier molecular flexibility index (Phi) is 5.17. The lowest BCUT2D eigenvalue weighted by Gasteiger charge is -2.35. The van der Waals surface area contributed by atoms with Crippen LogP contribution in [0.4, 0.5) is 0 Å². The van der Waals surface area contributed by atoms with Crippen molar-refractivity contribution in [2.75, 3.05) is 19.3 Å². The minimum Gasteiger partial charge on any atom is -0.390 e. The first-order valence-electron chi connectivity index (χ1n) is 6.52. The van der Waals surface area contributed by atoms with Crippen LogP contribution in [0.5, 0.6) is 0 Å². The van der Waals surface area contributed by atoms with Crippen LogP contribution in [-0.4, -0.2) is 54.0 Å². The van der Waals surface area contributed by atoms with Crippen LogP contribution in [0.25, 0.3) is 0 Å². The van der Waals surface area contributed by atoms with E-state index in [1.807, 2.05) is 6.92 Å². The quantitative estimate of drug-likeness (QED) is 0.771. The van der Waals surface area contributed by atoms with Crippen molar-refractivity contribution in [3.63, 3.8) is 0 Å². The third-order valence-corrected chi connectivity index (χ3v) is 5.21. The zero-order chi connectivity index (χ0) is 14.0. The molecule has 0 saturated carbocycles. The van der Waals surface area contributed by atoms with Gasteiger partial charge in [0.1, 0.15) is 0 Å². The van der Waals surface area contributed by atoms with Crippen LogP contribution >= 0.6 is 0 Å². The van der Waals surface area contributed by atoms with Crippen LogP contribution in [0, 0.1) is 5.92 Å². The number of hydrogen-bond donors (Lipinski definition) is 2. The van der Waals surface area contributed by atoms with Gasteiger partial charge in [0, 0.05) is 13.1 Å². The number of sulfonamides is 1. The third-order valence-electron chi connectivity index (χ3n) is 3.94. The van der Waals surface area contributed by atoms with E-state index in [0.29, 0.717) is 25.9 Å². The fraction of sp³-hybridized carbons (Fsp3) is 1.00. The highest BCUT2D eigenvalue weighted by Gasteiger charge is 2.33. The largest absolute Gasteiger partial charge is 0.390 e. The second kappa shape index (κ2) is 5.86. The minimum absolute atomic E-state index is 0.126. The molecule has 3 atom stereocenters. The van der Waals surface area contributed by atoms with Crippen LogP contribution in [0.3, 0.4) is 0 Å². The maximum absolute atomic E-state index is 11.5. The van der Waals surface area contributed by atoms with Gasteiger partial charge >= 0.3 is 0 Å². The molecule has 0 aliphatic carbocycles. The Bertz CT molecular complexity index is 366. The zero-order valence-corrected chi connectivity index (χ0v) is 12.3. The van der Waals surface area contributed by atoms with Gasteiger partial charge in [0.25, 0.3) is 0 Å². The molecule has 1 heterocycles. The fourth-order valence-corrected chi connectivity index (χ4v) is 3.27. The molecule has 0 bridgehead atoms. The van der Waals surface area contributed by atoms with Crippen molar-refractivity contribution in [3.05, 3.63) is 0 Å². The molecule has 1 fully saturated rings. The van der Waals surface area contributed by atoms with E-state index in [0.717, 1.165) is 12.8 Å². The molecule has 1 aliphatic rings. The van der Waals surface area contributed by atoms with Crippen LogP contribution in [0.2, 0.25) is 0 Å². The molecule has 0 spiro atoms. The molecule has 6 heteroatoms. The molecule has 1 aliphatic heterocycles. The molecule has 1 rings (SSSR count). The third kappa shape index (κ3) is 4.19. The van der Waals surface area contributed by atoms with E-state index in [2.05, 4.69) is 0 Å². The van der Waals surface area contributed by atoms with Crippen LogP contribution in [0.15, 0.2) is 0 Å². The lowest BCUT2D eigenvalue weighted by Crippen LogP contribution is -2.44. The highest BCUT2D eigenvalue weighted by molar-refractivity contribution is 7.88. The first kappa shape index (κ1) is 15.9. The first-order chi connectivity index (χ1) is 8.16. The highest BCUT2D eigenvalue weighted by Crippen LogP contribution is 2.27. The van der Waals surface area contributed by atoms with Crippen molar-refractivity contribution in [1.82, 2.24) is 4.31 Å². The molecule has 18 heavy (non-hydrogen) atoms. The fourth-order valence-electron chi connectivity index (χ4n) is 2.33. The standard InChI is InChI=1S/C12H25NO4S/c1-4-12(2,15)11(14)8-10-6-5-7-13(9-10)18(3,16)17/h10-11,14-15H,4-9H2,1-3H3. The van der Waals surface area contributed by atoms with Gasteiger partial charge in [0.2, 0.25) is 10.0 Å². The normalized spacial score (nSPS) is 27.7. The van der Waals surface area contributed by atoms with Crippen molar-refractivity contribution < 1.29 is 18.6 Å². The summed E-state index contributed by atoms with van der Waals surface area (Å²) in [5, 5.41) is 20.0. The number of aliphatic hydroxyl groups is 2. The van der Waals surface area contributed by atoms with Crippen molar-refractivity contribution >= 4 is 10.0 Å². The number of nitrogens with zero attached hydrogens (tertiary/aromatic N) is 1. The summed E-state index contributed by atoms with van der Waals surface area (Å²) in [5.74, 6) is 0.126. The van der Waals surface area contributed by atoms with Crippen molar-refractivity contribution in [3.8, 4) is 0 Å². The second-order valence-corrected chi connectivity index (χ2v) is 7.57. The van der Waals surface area contributed by atoms with E-state index in [1.54, 1.807) is 6.92 Å². The average molecular weight is 279 g/mol. The monoisotopic (exact) mass is 279 g/mol. The Balaban J connectivity index is 2.58. The molecule has 0 aromatic heterocycles. The lowest BCUT2D eigenvalue weighted by atomic mass is 9.85. The minimum atomic E-state index is -3.15. The highest BCUT2D eigenvalue weighted by atomic mass is 32.2. The van der Waals surface area contributed by atoms with Gasteiger partial charge in [-0.3, -0.25) is 0 Å². The van der Waals surface area contributed by atoms with Gasteiger partial charge < -0.3 is 10.2 Å². The van der Waals surface area contributed by atoms with Crippen molar-refractivity contribution in [2.24, 2.45) is 5.92 Å². The molecule has 0 aromatic carbocycles. The summed E-state index contributed by atoms with van der Waals surface area (Å²) in [7, 11) is -3.15. The molecular formula is C12H25NO4S. The summed E-state index contributed by atoms with van der Waals surface area (Å²) in [4.78, 5) is 0. The zero-order valence-electron chi connectivity index (χ0n) is 11.5. The van der Waals surface area contributed by atoms with Gasteiger partial charge in [0.05, 0.1) is 18.0 Å². The molecule has 0 radical (unpaired) electrons. The van der Waals surface area contributed by atoms with E-state index in [-0.39, 0.29) is 5.92 Å². The number of hydrogen-bond acceptors (Lipinski definition) is 4. The van der Waals surface area contributed by atoms with Gasteiger partial charge in [-0.05, 0) is 38.5 Å². The van der Waals surface area contributed by atoms with E-state index in [1.165, 1.54) is 10.6 Å². The topological polar surface area (TPSA) is 77.8 Å². The van der Waals surface area contributed by atoms with Gasteiger partial charge in [0.15, 0.2) is 0 Å². The maximum atomic E-state index is 11.5. The Morgan fingerprint density at radius 3 is 2.61 bits per heavy atom. The molecule has 1 saturated heterocycles. The SMILES string of the molecule is CCC(C)(O)C(O)CC1CCCN(S(C)(=O)=O)C1. The summed E-state index contributed by atoms with van der Waals surface area (Å²) < 4.78 is 24.4. The summed E-state index contributed by atoms with van der Waals surface area (Å²) in [6, 6.07) is 0. The molecule has 5 nitrogen and oxygen atoms in total. The Hall–Kier alpha value is -0.170. The van der Waals surface area contributed by atoms with Gasteiger partial charge in [-0.25, -0.2) is 12.7 Å². The van der Waals surface area contributed by atoms with Crippen molar-refractivity contribution in [2.45, 2.75) is 51.2 Å². The average Bonchev–Trinajstić information content (AvgIpc) is 2.28. The summed E-state index contributed by atoms with van der Waals surface area (Å²) in [6.45, 7) is 4.47. The predicted molar refractivity (Wildman–Crippen MR) is 70.7 cm³/mol. The summed E-state index contributed by atoms with van der Waals surface area (Å²) >= 11 is 0. The van der Waals surface area contributed by atoms with Crippen LogP contribution in [-0.2, 0) is 10.0 Å². The Morgan fingerprint density at radius 2 is 2.11 bits per heavy atom. The predicted octanol–water partition coefficient (Wildman–Crippen LogP) is 0.570. The summed E-state index contributed by atoms with van der Waals surface area (Å²) in [5.41, 5.74) is -1.09. The van der Waals surface area contributed by atoms with E-state index >= 15 is 0 Å². The molecule has 2 N–H and O–H groups in total. The molecule has 3 unspecified atom stereocenters. The van der Waals surface area contributed by atoms with Gasteiger partial charge in [-0.1, -0.05) is 6.92 Å². The number of piperidine rings is 1. The van der Waals surface area contributed by atoms with E-state index < -0.39 is 21.7 Å². The van der Waals surface area contributed by atoms with Gasteiger partial charge in [-0.15, -0.1) is 0 Å². The number of aliphatic hydroxyl groups excluding tert-OH is 1. The molecule has 0 amide bonds. The molecular weight excluding hydrogens is 254 g/mol. The van der Waals surface area contributed by atoms with Crippen LogP contribution < -0.4 is 0 Å². The Labute approximate surface area is 110 Å². The van der Waals surface area contributed by atoms with E-state index in [4.69, 9.17) is 0 Å². The Morgan fingerprint density at radius 1 is 1.50 bits per heavy atom. The smallest absolute Gasteiger partial charge is 0.211 e. The molecule has 108 valence electrons. The molecule has 0 aromatic rings. The van der Waals surface area contributed by atoms with Gasteiger partial charge in [-0.2, -0.15) is 0 Å². The van der Waals surface area contributed by atoms with E-state index in [9.17, 15) is 18.6 Å². The van der Waals surface area contributed by atoms with Crippen LogP contribution in [0.1, 0.15) is 39.5 Å². The second-order valence-electron chi connectivity index (χ2n) is 5.59. The summed E-state index contributed by atoms with van der Waals surface area (Å²) in [6.07, 6.45) is 3.08. The lowest BCUT2D eigenvalue weighted by molar-refractivity contribution is -0.0754. The first-order valence-corrected chi connectivity index (χ1v) is 8.37. The number of rotatable bonds is 5.